The maximum Gasteiger partial charge on any atom is 0.347 e. The van der Waals surface area contributed by atoms with Crippen molar-refractivity contribution in [2.75, 3.05) is 25.0 Å². The highest BCUT2D eigenvalue weighted by Crippen LogP contribution is 2.27. The molecule has 2 heterocycles. The summed E-state index contributed by atoms with van der Waals surface area (Å²) in [6.45, 7) is 2.84. The Balaban J connectivity index is 1.82. The van der Waals surface area contributed by atoms with Crippen molar-refractivity contribution in [1.29, 1.82) is 0 Å². The highest BCUT2D eigenvalue weighted by molar-refractivity contribution is 5.46. The molecular formula is C13H20N4O. The van der Waals surface area contributed by atoms with Gasteiger partial charge in [0.15, 0.2) is 0 Å². The Morgan fingerprint density at radius 1 is 1.28 bits per heavy atom. The number of aromatic amines is 1. The topological polar surface area (TPSA) is 69.8 Å². The molecule has 1 saturated carbocycles. The Kier molecular flexibility index (Phi) is 3.32. The van der Waals surface area contributed by atoms with Crippen LogP contribution in [-0.2, 0) is 12.8 Å². The molecule has 1 aromatic rings. The Labute approximate surface area is 106 Å². The van der Waals surface area contributed by atoms with E-state index >= 15 is 0 Å². The van der Waals surface area contributed by atoms with Crippen LogP contribution in [0.1, 0.15) is 30.5 Å². The van der Waals surface area contributed by atoms with Gasteiger partial charge in [-0.05, 0) is 31.7 Å². The first-order valence-electron chi connectivity index (χ1n) is 6.89. The Morgan fingerprint density at radius 2 is 2.11 bits per heavy atom. The summed E-state index contributed by atoms with van der Waals surface area (Å²) in [7, 11) is 0. The third-order valence-corrected chi connectivity index (χ3v) is 4.01. The molecule has 0 amide bonds. The molecule has 2 aliphatic rings. The standard InChI is InChI=1S/C13H20N4O/c18-13-16-11-5-7-14-6-4-10(11)12(17-13)15-8-9-2-1-3-9/h9,14H,1-8H2,(H2,15,16,17,18). The molecule has 0 radical (unpaired) electrons. The first-order chi connectivity index (χ1) is 8.83. The largest absolute Gasteiger partial charge is 0.369 e. The van der Waals surface area contributed by atoms with E-state index < -0.39 is 0 Å². The summed E-state index contributed by atoms with van der Waals surface area (Å²) in [6.07, 6.45) is 5.77. The molecule has 5 heteroatoms. The quantitative estimate of drug-likeness (QED) is 0.735. The van der Waals surface area contributed by atoms with Crippen LogP contribution in [0.5, 0.6) is 0 Å². The van der Waals surface area contributed by atoms with Crippen molar-refractivity contribution in [3.63, 3.8) is 0 Å². The third kappa shape index (κ3) is 2.41. The SMILES string of the molecule is O=c1nc(NCC2CCC2)c2c([nH]1)CCNCC2. The average Bonchev–Trinajstić information content (AvgIpc) is 2.51. The zero-order valence-electron chi connectivity index (χ0n) is 10.6. The second-order valence-electron chi connectivity index (χ2n) is 5.28. The van der Waals surface area contributed by atoms with Crippen LogP contribution >= 0.6 is 0 Å². The van der Waals surface area contributed by atoms with E-state index in [9.17, 15) is 4.79 Å². The summed E-state index contributed by atoms with van der Waals surface area (Å²) in [5.74, 6) is 1.58. The van der Waals surface area contributed by atoms with Gasteiger partial charge in [0.05, 0.1) is 0 Å². The van der Waals surface area contributed by atoms with Gasteiger partial charge in [-0.2, -0.15) is 4.98 Å². The smallest absolute Gasteiger partial charge is 0.347 e. The zero-order valence-corrected chi connectivity index (χ0v) is 10.6. The fraction of sp³-hybridized carbons (Fsp3) is 0.692. The van der Waals surface area contributed by atoms with Crippen molar-refractivity contribution in [2.45, 2.75) is 32.1 Å². The summed E-state index contributed by atoms with van der Waals surface area (Å²) in [4.78, 5) is 18.6. The first-order valence-corrected chi connectivity index (χ1v) is 6.89. The van der Waals surface area contributed by atoms with Crippen LogP contribution in [0.25, 0.3) is 0 Å². The number of nitrogens with one attached hydrogen (secondary N) is 3. The summed E-state index contributed by atoms with van der Waals surface area (Å²) >= 11 is 0. The van der Waals surface area contributed by atoms with Crippen LogP contribution < -0.4 is 16.3 Å². The van der Waals surface area contributed by atoms with Gasteiger partial charge in [-0.3, -0.25) is 0 Å². The van der Waals surface area contributed by atoms with Gasteiger partial charge in [0.1, 0.15) is 5.82 Å². The molecule has 1 aliphatic carbocycles. The predicted octanol–water partition coefficient (Wildman–Crippen LogP) is 0.670. The molecule has 18 heavy (non-hydrogen) atoms. The van der Waals surface area contributed by atoms with E-state index in [1.807, 2.05) is 0 Å². The van der Waals surface area contributed by atoms with Crippen molar-refractivity contribution >= 4 is 5.82 Å². The first kappa shape index (κ1) is 11.7. The third-order valence-electron chi connectivity index (χ3n) is 4.01. The van der Waals surface area contributed by atoms with Gasteiger partial charge in [0, 0.05) is 30.8 Å². The second-order valence-corrected chi connectivity index (χ2v) is 5.28. The number of rotatable bonds is 3. The summed E-state index contributed by atoms with van der Waals surface area (Å²) in [5.41, 5.74) is 2.02. The molecule has 1 aromatic heterocycles. The molecule has 3 rings (SSSR count). The highest BCUT2D eigenvalue weighted by atomic mass is 16.1. The van der Waals surface area contributed by atoms with E-state index in [0.717, 1.165) is 49.9 Å². The van der Waals surface area contributed by atoms with Crippen LogP contribution in [0.3, 0.4) is 0 Å². The minimum atomic E-state index is -0.230. The zero-order chi connectivity index (χ0) is 12.4. The lowest BCUT2D eigenvalue weighted by atomic mass is 9.85. The van der Waals surface area contributed by atoms with Gasteiger partial charge in [-0.25, -0.2) is 4.79 Å². The number of nitrogens with zero attached hydrogens (tertiary/aromatic N) is 1. The maximum absolute atomic E-state index is 11.6. The second kappa shape index (κ2) is 5.10. The normalized spacial score (nSPS) is 19.8. The molecular weight excluding hydrogens is 228 g/mol. The Hall–Kier alpha value is -1.36. The van der Waals surface area contributed by atoms with E-state index in [-0.39, 0.29) is 5.69 Å². The van der Waals surface area contributed by atoms with Crippen molar-refractivity contribution in [3.05, 3.63) is 21.7 Å². The van der Waals surface area contributed by atoms with Gasteiger partial charge in [0.2, 0.25) is 0 Å². The van der Waals surface area contributed by atoms with Gasteiger partial charge < -0.3 is 15.6 Å². The summed E-state index contributed by atoms with van der Waals surface area (Å²) < 4.78 is 0. The van der Waals surface area contributed by atoms with Crippen molar-refractivity contribution < 1.29 is 0 Å². The monoisotopic (exact) mass is 248 g/mol. The lowest BCUT2D eigenvalue weighted by Crippen LogP contribution is -2.25. The molecule has 1 fully saturated rings. The molecule has 5 nitrogen and oxygen atoms in total. The molecule has 98 valence electrons. The van der Waals surface area contributed by atoms with E-state index in [4.69, 9.17) is 0 Å². The van der Waals surface area contributed by atoms with Crippen LogP contribution in [0.15, 0.2) is 4.79 Å². The Bertz CT molecular complexity index is 478. The fourth-order valence-corrected chi connectivity index (χ4v) is 2.66. The van der Waals surface area contributed by atoms with E-state index in [0.29, 0.717) is 0 Å². The van der Waals surface area contributed by atoms with E-state index in [2.05, 4.69) is 20.6 Å². The van der Waals surface area contributed by atoms with Gasteiger partial charge in [-0.1, -0.05) is 6.42 Å². The number of hydrogen-bond acceptors (Lipinski definition) is 4. The molecule has 0 bridgehead atoms. The molecule has 0 aromatic carbocycles. The molecule has 0 unspecified atom stereocenters. The highest BCUT2D eigenvalue weighted by Gasteiger charge is 2.19. The number of H-pyrrole nitrogens is 1. The number of anilines is 1. The van der Waals surface area contributed by atoms with E-state index in [1.54, 1.807) is 0 Å². The van der Waals surface area contributed by atoms with Crippen molar-refractivity contribution in [2.24, 2.45) is 5.92 Å². The van der Waals surface area contributed by atoms with Gasteiger partial charge >= 0.3 is 5.69 Å². The van der Waals surface area contributed by atoms with Crippen molar-refractivity contribution in [1.82, 2.24) is 15.3 Å². The van der Waals surface area contributed by atoms with Crippen LogP contribution in [-0.4, -0.2) is 29.6 Å². The summed E-state index contributed by atoms with van der Waals surface area (Å²) in [6, 6.07) is 0. The maximum atomic E-state index is 11.6. The van der Waals surface area contributed by atoms with Gasteiger partial charge in [0.25, 0.3) is 0 Å². The molecule has 0 saturated heterocycles. The van der Waals surface area contributed by atoms with Crippen LogP contribution in [0.2, 0.25) is 0 Å². The number of fused-ring (bicyclic) bond motifs is 1. The fourth-order valence-electron chi connectivity index (χ4n) is 2.66. The van der Waals surface area contributed by atoms with Crippen LogP contribution in [0.4, 0.5) is 5.82 Å². The number of aromatic nitrogens is 2. The lowest BCUT2D eigenvalue weighted by molar-refractivity contribution is 0.333. The van der Waals surface area contributed by atoms with Crippen LogP contribution in [0, 0.1) is 5.92 Å². The van der Waals surface area contributed by atoms with E-state index in [1.165, 1.54) is 24.8 Å². The Morgan fingerprint density at radius 3 is 2.89 bits per heavy atom. The predicted molar refractivity (Wildman–Crippen MR) is 71.0 cm³/mol. The minimum Gasteiger partial charge on any atom is -0.369 e. The minimum absolute atomic E-state index is 0.230. The molecule has 3 N–H and O–H groups in total. The lowest BCUT2D eigenvalue weighted by Gasteiger charge is -2.26. The van der Waals surface area contributed by atoms with Gasteiger partial charge in [-0.15, -0.1) is 0 Å². The summed E-state index contributed by atoms with van der Waals surface area (Å²) in [5, 5.41) is 6.73. The number of hydrogen-bond donors (Lipinski definition) is 3. The molecule has 1 aliphatic heterocycles. The molecule has 0 atom stereocenters. The average molecular weight is 248 g/mol. The molecule has 0 spiro atoms. The van der Waals surface area contributed by atoms with Crippen molar-refractivity contribution in [3.8, 4) is 0 Å².